The SMILES string of the molecule is Cc1cccc(CC(N)Cc2cccc(C)n2)n1. The van der Waals surface area contributed by atoms with Crippen LogP contribution >= 0.6 is 0 Å². The third-order valence-electron chi connectivity index (χ3n) is 2.83. The van der Waals surface area contributed by atoms with E-state index in [4.69, 9.17) is 5.73 Å². The van der Waals surface area contributed by atoms with Crippen molar-refractivity contribution in [3.05, 3.63) is 59.2 Å². The van der Waals surface area contributed by atoms with Crippen LogP contribution in [0.2, 0.25) is 0 Å². The lowest BCUT2D eigenvalue weighted by Crippen LogP contribution is -2.26. The summed E-state index contributed by atoms with van der Waals surface area (Å²) in [5, 5.41) is 0. The second kappa shape index (κ2) is 5.74. The smallest absolute Gasteiger partial charge is 0.0422 e. The van der Waals surface area contributed by atoms with Crippen LogP contribution in [0.1, 0.15) is 22.8 Å². The Morgan fingerprint density at radius 1 is 0.889 bits per heavy atom. The highest BCUT2D eigenvalue weighted by atomic mass is 14.7. The summed E-state index contributed by atoms with van der Waals surface area (Å²) in [6.45, 7) is 3.99. The Labute approximate surface area is 108 Å². The molecule has 0 aromatic carbocycles. The predicted molar refractivity (Wildman–Crippen MR) is 73.3 cm³/mol. The molecule has 0 aliphatic rings. The van der Waals surface area contributed by atoms with E-state index in [1.165, 1.54) is 0 Å². The van der Waals surface area contributed by atoms with Gasteiger partial charge in [0, 0.05) is 41.7 Å². The molecule has 0 spiro atoms. The third kappa shape index (κ3) is 3.64. The van der Waals surface area contributed by atoms with Crippen LogP contribution in [0.4, 0.5) is 0 Å². The van der Waals surface area contributed by atoms with Crippen LogP contribution in [-0.4, -0.2) is 16.0 Å². The maximum Gasteiger partial charge on any atom is 0.0422 e. The van der Waals surface area contributed by atoms with Crippen molar-refractivity contribution in [3.63, 3.8) is 0 Å². The summed E-state index contributed by atoms with van der Waals surface area (Å²) < 4.78 is 0. The van der Waals surface area contributed by atoms with Gasteiger partial charge in [0.25, 0.3) is 0 Å². The number of rotatable bonds is 4. The zero-order chi connectivity index (χ0) is 13.0. The Balaban J connectivity index is 1.98. The van der Waals surface area contributed by atoms with Crippen molar-refractivity contribution in [1.29, 1.82) is 0 Å². The topological polar surface area (TPSA) is 51.8 Å². The van der Waals surface area contributed by atoms with Crippen molar-refractivity contribution in [2.75, 3.05) is 0 Å². The van der Waals surface area contributed by atoms with Crippen LogP contribution in [0.15, 0.2) is 36.4 Å². The van der Waals surface area contributed by atoms with Gasteiger partial charge in [-0.25, -0.2) is 0 Å². The standard InChI is InChI=1S/C15H19N3/c1-11-5-3-7-14(17-11)9-13(16)10-15-8-4-6-12(2)18-15/h3-8,13H,9-10,16H2,1-2H3. The van der Waals surface area contributed by atoms with Gasteiger partial charge >= 0.3 is 0 Å². The van der Waals surface area contributed by atoms with E-state index in [0.717, 1.165) is 35.6 Å². The molecule has 0 radical (unpaired) electrons. The van der Waals surface area contributed by atoms with Crippen molar-refractivity contribution < 1.29 is 0 Å². The first-order valence-corrected chi connectivity index (χ1v) is 6.24. The van der Waals surface area contributed by atoms with Crippen LogP contribution in [0.5, 0.6) is 0 Å². The minimum Gasteiger partial charge on any atom is -0.327 e. The molecule has 0 amide bonds. The third-order valence-corrected chi connectivity index (χ3v) is 2.83. The quantitative estimate of drug-likeness (QED) is 0.892. The number of aromatic nitrogens is 2. The van der Waals surface area contributed by atoms with Gasteiger partial charge in [-0.1, -0.05) is 12.1 Å². The first kappa shape index (κ1) is 12.7. The van der Waals surface area contributed by atoms with E-state index in [1.54, 1.807) is 0 Å². The molecular formula is C15H19N3. The van der Waals surface area contributed by atoms with Crippen LogP contribution in [0, 0.1) is 13.8 Å². The summed E-state index contributed by atoms with van der Waals surface area (Å²) in [6.07, 6.45) is 1.58. The van der Waals surface area contributed by atoms with Gasteiger partial charge in [0.05, 0.1) is 0 Å². The van der Waals surface area contributed by atoms with E-state index in [1.807, 2.05) is 50.2 Å². The molecule has 2 aromatic heterocycles. The molecule has 0 fully saturated rings. The summed E-state index contributed by atoms with van der Waals surface area (Å²) in [7, 11) is 0. The van der Waals surface area contributed by atoms with Crippen LogP contribution in [0.25, 0.3) is 0 Å². The Bertz CT molecular complexity index is 475. The highest BCUT2D eigenvalue weighted by molar-refractivity contribution is 5.14. The Hall–Kier alpha value is -1.74. The highest BCUT2D eigenvalue weighted by Crippen LogP contribution is 2.06. The van der Waals surface area contributed by atoms with E-state index < -0.39 is 0 Å². The number of aryl methyl sites for hydroxylation is 2. The van der Waals surface area contributed by atoms with Crippen molar-refractivity contribution in [1.82, 2.24) is 9.97 Å². The fourth-order valence-corrected chi connectivity index (χ4v) is 2.04. The average molecular weight is 241 g/mol. The van der Waals surface area contributed by atoms with Gasteiger partial charge in [-0.3, -0.25) is 9.97 Å². The van der Waals surface area contributed by atoms with Crippen molar-refractivity contribution in [3.8, 4) is 0 Å². The van der Waals surface area contributed by atoms with Gasteiger partial charge in [-0.15, -0.1) is 0 Å². The molecule has 3 heteroatoms. The number of nitrogens with zero attached hydrogens (tertiary/aromatic N) is 2. The van der Waals surface area contributed by atoms with Crippen molar-refractivity contribution in [2.45, 2.75) is 32.7 Å². The van der Waals surface area contributed by atoms with Crippen LogP contribution in [0.3, 0.4) is 0 Å². The Kier molecular flexibility index (Phi) is 4.05. The minimum absolute atomic E-state index is 0.0635. The lowest BCUT2D eigenvalue weighted by atomic mass is 10.1. The second-order valence-electron chi connectivity index (χ2n) is 4.71. The van der Waals surface area contributed by atoms with Crippen molar-refractivity contribution >= 4 is 0 Å². The molecule has 0 aliphatic heterocycles. The largest absolute Gasteiger partial charge is 0.327 e. The first-order chi connectivity index (χ1) is 8.63. The molecule has 0 atom stereocenters. The molecule has 2 heterocycles. The van der Waals surface area contributed by atoms with E-state index >= 15 is 0 Å². The van der Waals surface area contributed by atoms with Gasteiger partial charge in [-0.2, -0.15) is 0 Å². The molecule has 2 aromatic rings. The molecule has 18 heavy (non-hydrogen) atoms. The van der Waals surface area contributed by atoms with E-state index in [2.05, 4.69) is 9.97 Å². The molecule has 0 saturated carbocycles. The maximum atomic E-state index is 6.16. The molecule has 0 bridgehead atoms. The van der Waals surface area contributed by atoms with E-state index in [-0.39, 0.29) is 6.04 Å². The maximum absolute atomic E-state index is 6.16. The minimum atomic E-state index is 0.0635. The van der Waals surface area contributed by atoms with Crippen LogP contribution < -0.4 is 5.73 Å². The normalized spacial score (nSPS) is 10.9. The summed E-state index contributed by atoms with van der Waals surface area (Å²) >= 11 is 0. The molecule has 0 unspecified atom stereocenters. The predicted octanol–water partition coefficient (Wildman–Crippen LogP) is 2.21. The summed E-state index contributed by atoms with van der Waals surface area (Å²) in [5.41, 5.74) is 10.3. The monoisotopic (exact) mass is 241 g/mol. The number of hydrogen-bond donors (Lipinski definition) is 1. The van der Waals surface area contributed by atoms with Gasteiger partial charge in [0.2, 0.25) is 0 Å². The zero-order valence-corrected chi connectivity index (χ0v) is 10.9. The van der Waals surface area contributed by atoms with Crippen LogP contribution in [-0.2, 0) is 12.8 Å². The molecule has 94 valence electrons. The first-order valence-electron chi connectivity index (χ1n) is 6.24. The number of pyridine rings is 2. The Morgan fingerprint density at radius 3 is 1.72 bits per heavy atom. The lowest BCUT2D eigenvalue weighted by molar-refractivity contribution is 0.642. The van der Waals surface area contributed by atoms with Gasteiger partial charge in [0.1, 0.15) is 0 Å². The average Bonchev–Trinajstić information content (AvgIpc) is 2.28. The molecular weight excluding hydrogens is 222 g/mol. The fourth-order valence-electron chi connectivity index (χ4n) is 2.04. The number of nitrogens with two attached hydrogens (primary N) is 1. The van der Waals surface area contributed by atoms with Crippen molar-refractivity contribution in [2.24, 2.45) is 5.73 Å². The molecule has 2 N–H and O–H groups in total. The zero-order valence-electron chi connectivity index (χ0n) is 10.9. The highest BCUT2D eigenvalue weighted by Gasteiger charge is 2.07. The van der Waals surface area contributed by atoms with E-state index in [0.29, 0.717) is 0 Å². The molecule has 0 aliphatic carbocycles. The Morgan fingerprint density at radius 2 is 1.33 bits per heavy atom. The van der Waals surface area contributed by atoms with Gasteiger partial charge in [-0.05, 0) is 38.1 Å². The van der Waals surface area contributed by atoms with Gasteiger partial charge < -0.3 is 5.73 Å². The molecule has 2 rings (SSSR count). The molecule has 0 saturated heterocycles. The summed E-state index contributed by atoms with van der Waals surface area (Å²) in [4.78, 5) is 8.94. The van der Waals surface area contributed by atoms with Gasteiger partial charge in [0.15, 0.2) is 0 Å². The number of hydrogen-bond acceptors (Lipinski definition) is 3. The summed E-state index contributed by atoms with van der Waals surface area (Å²) in [5.74, 6) is 0. The lowest BCUT2D eigenvalue weighted by Gasteiger charge is -2.11. The van der Waals surface area contributed by atoms with E-state index in [9.17, 15) is 0 Å². The fraction of sp³-hybridized carbons (Fsp3) is 0.333. The second-order valence-corrected chi connectivity index (χ2v) is 4.71. The summed E-state index contributed by atoms with van der Waals surface area (Å²) in [6, 6.07) is 12.2. The molecule has 3 nitrogen and oxygen atoms in total.